The largest absolute Gasteiger partial charge is 0.477 e. The van der Waals surface area contributed by atoms with Crippen LogP contribution in [0.4, 0.5) is 0 Å². The number of carbonyl (C=O) groups is 1. The molecule has 7 heteroatoms. The summed E-state index contributed by atoms with van der Waals surface area (Å²) in [6.07, 6.45) is 2.28. The molecule has 19 heavy (non-hydrogen) atoms. The second kappa shape index (κ2) is 5.47. The molecule has 2 aromatic heterocycles. The number of aromatic nitrogens is 4. The highest BCUT2D eigenvalue weighted by atomic mass is 16.4. The Morgan fingerprint density at radius 1 is 1.42 bits per heavy atom. The van der Waals surface area contributed by atoms with Gasteiger partial charge >= 0.3 is 5.97 Å². The third kappa shape index (κ3) is 2.70. The molecule has 0 bridgehead atoms. The van der Waals surface area contributed by atoms with E-state index in [4.69, 9.17) is 5.11 Å². The van der Waals surface area contributed by atoms with Gasteiger partial charge in [-0.25, -0.2) is 14.5 Å². The van der Waals surface area contributed by atoms with Gasteiger partial charge in [-0.3, -0.25) is 9.36 Å². The molecule has 7 nitrogen and oxygen atoms in total. The van der Waals surface area contributed by atoms with Crippen molar-refractivity contribution in [2.45, 2.75) is 26.4 Å². The maximum atomic E-state index is 11.8. The summed E-state index contributed by atoms with van der Waals surface area (Å²) in [5.41, 5.74) is -0.426. The fourth-order valence-electron chi connectivity index (χ4n) is 1.82. The van der Waals surface area contributed by atoms with Gasteiger partial charge in [0.2, 0.25) is 0 Å². The lowest BCUT2D eigenvalue weighted by Crippen LogP contribution is -2.27. The molecule has 0 saturated carbocycles. The quantitative estimate of drug-likeness (QED) is 0.852. The number of aryl methyl sites for hydroxylation is 1. The van der Waals surface area contributed by atoms with Gasteiger partial charge in [0.1, 0.15) is 17.8 Å². The molecule has 0 aliphatic rings. The molecule has 0 radical (unpaired) electrons. The van der Waals surface area contributed by atoms with Gasteiger partial charge in [0.15, 0.2) is 0 Å². The van der Waals surface area contributed by atoms with Crippen LogP contribution in [-0.2, 0) is 13.1 Å². The molecule has 100 valence electrons. The first kappa shape index (κ1) is 13.0. The van der Waals surface area contributed by atoms with Crippen LogP contribution in [0.15, 0.2) is 29.3 Å². The van der Waals surface area contributed by atoms with Crippen LogP contribution in [0.5, 0.6) is 0 Å². The van der Waals surface area contributed by atoms with Crippen LogP contribution in [0.1, 0.15) is 29.7 Å². The Hall–Kier alpha value is -2.44. The Kier molecular flexibility index (Phi) is 3.74. The van der Waals surface area contributed by atoms with E-state index in [1.165, 1.54) is 29.1 Å². The van der Waals surface area contributed by atoms with Crippen LogP contribution in [0.2, 0.25) is 0 Å². The zero-order valence-electron chi connectivity index (χ0n) is 10.5. The third-order valence-corrected chi connectivity index (χ3v) is 2.70. The first-order chi connectivity index (χ1) is 9.13. The Balaban J connectivity index is 2.40. The van der Waals surface area contributed by atoms with Crippen LogP contribution in [0.25, 0.3) is 0 Å². The number of nitrogens with zero attached hydrogens (tertiary/aromatic N) is 4. The van der Waals surface area contributed by atoms with Gasteiger partial charge in [-0.2, -0.15) is 5.10 Å². The predicted molar refractivity (Wildman–Crippen MR) is 67.1 cm³/mol. The van der Waals surface area contributed by atoms with Gasteiger partial charge in [-0.1, -0.05) is 13.0 Å². The molecule has 0 aliphatic carbocycles. The summed E-state index contributed by atoms with van der Waals surface area (Å²) in [5, 5.41) is 13.1. The summed E-state index contributed by atoms with van der Waals surface area (Å²) in [6, 6.07) is 4.15. The van der Waals surface area contributed by atoms with Crippen molar-refractivity contribution >= 4 is 5.97 Å². The first-order valence-corrected chi connectivity index (χ1v) is 5.93. The number of carboxylic acid groups (broad SMARTS) is 1. The lowest BCUT2D eigenvalue weighted by Gasteiger charge is -2.09. The average molecular weight is 262 g/mol. The van der Waals surface area contributed by atoms with E-state index in [9.17, 15) is 9.59 Å². The third-order valence-electron chi connectivity index (χ3n) is 2.70. The van der Waals surface area contributed by atoms with E-state index in [0.717, 1.165) is 6.42 Å². The van der Waals surface area contributed by atoms with Crippen molar-refractivity contribution in [2.24, 2.45) is 0 Å². The van der Waals surface area contributed by atoms with Gasteiger partial charge in [-0.05, 0) is 12.5 Å². The fraction of sp³-hybridized carbons (Fsp3) is 0.333. The van der Waals surface area contributed by atoms with E-state index >= 15 is 0 Å². The van der Waals surface area contributed by atoms with Crippen molar-refractivity contribution in [1.82, 2.24) is 19.3 Å². The summed E-state index contributed by atoms with van der Waals surface area (Å²) in [7, 11) is 0. The smallest absolute Gasteiger partial charge is 0.352 e. The molecule has 0 fully saturated rings. The van der Waals surface area contributed by atoms with E-state index in [0.29, 0.717) is 12.4 Å². The number of hydrogen-bond donors (Lipinski definition) is 1. The average Bonchev–Trinajstić information content (AvgIpc) is 2.79. The molecule has 2 heterocycles. The van der Waals surface area contributed by atoms with E-state index in [1.807, 2.05) is 6.92 Å². The first-order valence-electron chi connectivity index (χ1n) is 5.93. The minimum atomic E-state index is -1.14. The van der Waals surface area contributed by atoms with Gasteiger partial charge in [0, 0.05) is 12.6 Å². The van der Waals surface area contributed by atoms with E-state index in [1.54, 1.807) is 4.68 Å². The van der Waals surface area contributed by atoms with Crippen molar-refractivity contribution in [1.29, 1.82) is 0 Å². The highest BCUT2D eigenvalue weighted by molar-refractivity contribution is 5.85. The molecule has 0 amide bonds. The van der Waals surface area contributed by atoms with Crippen molar-refractivity contribution < 1.29 is 9.90 Å². The standard InChI is InChI=1S/C12H14N4O3/c1-2-6-16-10(13-8-14-16)7-15-9(12(18)19)4-3-5-11(15)17/h3-5,8H,2,6-7H2,1H3,(H,18,19). The molecule has 0 unspecified atom stereocenters. The Bertz CT molecular complexity index is 644. The van der Waals surface area contributed by atoms with E-state index in [-0.39, 0.29) is 17.8 Å². The van der Waals surface area contributed by atoms with Crippen molar-refractivity contribution in [3.05, 3.63) is 46.4 Å². The lowest BCUT2D eigenvalue weighted by atomic mass is 10.3. The van der Waals surface area contributed by atoms with Crippen LogP contribution < -0.4 is 5.56 Å². The van der Waals surface area contributed by atoms with Crippen LogP contribution in [0, 0.1) is 0 Å². The maximum absolute atomic E-state index is 11.8. The topological polar surface area (TPSA) is 90.0 Å². The Morgan fingerprint density at radius 3 is 2.89 bits per heavy atom. The van der Waals surface area contributed by atoms with Crippen LogP contribution >= 0.6 is 0 Å². The second-order valence-electron chi connectivity index (χ2n) is 4.04. The highest BCUT2D eigenvalue weighted by Gasteiger charge is 2.13. The molecule has 0 spiro atoms. The van der Waals surface area contributed by atoms with Gasteiger partial charge in [0.05, 0.1) is 6.54 Å². The van der Waals surface area contributed by atoms with Gasteiger partial charge in [0.25, 0.3) is 5.56 Å². The number of pyridine rings is 1. The number of hydrogen-bond acceptors (Lipinski definition) is 4. The van der Waals surface area contributed by atoms with Crippen LogP contribution in [0.3, 0.4) is 0 Å². The van der Waals surface area contributed by atoms with Crippen molar-refractivity contribution in [3.63, 3.8) is 0 Å². The molecule has 0 aromatic carbocycles. The van der Waals surface area contributed by atoms with E-state index in [2.05, 4.69) is 10.1 Å². The molecule has 0 aliphatic heterocycles. The number of aromatic carboxylic acids is 1. The molecular formula is C12H14N4O3. The maximum Gasteiger partial charge on any atom is 0.352 e. The van der Waals surface area contributed by atoms with E-state index < -0.39 is 5.97 Å². The normalized spacial score (nSPS) is 10.6. The number of carboxylic acids is 1. The fourth-order valence-corrected chi connectivity index (χ4v) is 1.82. The zero-order chi connectivity index (χ0) is 13.8. The summed E-state index contributed by atoms with van der Waals surface area (Å²) in [6.45, 7) is 2.78. The minimum absolute atomic E-state index is 0.0569. The zero-order valence-corrected chi connectivity index (χ0v) is 10.5. The summed E-state index contributed by atoms with van der Waals surface area (Å²) >= 11 is 0. The molecule has 0 saturated heterocycles. The van der Waals surface area contributed by atoms with Crippen molar-refractivity contribution in [3.8, 4) is 0 Å². The molecule has 2 aromatic rings. The monoisotopic (exact) mass is 262 g/mol. The number of rotatable bonds is 5. The Labute approximate surface area is 109 Å². The Morgan fingerprint density at radius 2 is 2.21 bits per heavy atom. The summed E-state index contributed by atoms with van der Waals surface area (Å²) in [4.78, 5) is 27.0. The van der Waals surface area contributed by atoms with Crippen molar-refractivity contribution in [2.75, 3.05) is 0 Å². The minimum Gasteiger partial charge on any atom is -0.477 e. The van der Waals surface area contributed by atoms with Gasteiger partial charge in [-0.15, -0.1) is 0 Å². The highest BCUT2D eigenvalue weighted by Crippen LogP contribution is 2.02. The lowest BCUT2D eigenvalue weighted by molar-refractivity contribution is 0.0684. The molecule has 1 N–H and O–H groups in total. The SMILES string of the molecule is CCCn1ncnc1Cn1c(C(=O)O)cccc1=O. The predicted octanol–water partition coefficient (Wildman–Crippen LogP) is 0.596. The van der Waals surface area contributed by atoms with Gasteiger partial charge < -0.3 is 5.11 Å². The van der Waals surface area contributed by atoms with Crippen LogP contribution in [-0.4, -0.2) is 30.4 Å². The molecule has 2 rings (SSSR count). The molecular weight excluding hydrogens is 248 g/mol. The second-order valence-corrected chi connectivity index (χ2v) is 4.04. The summed E-state index contributed by atoms with van der Waals surface area (Å²) < 4.78 is 2.85. The molecule has 0 atom stereocenters. The summed E-state index contributed by atoms with van der Waals surface area (Å²) in [5.74, 6) is -0.572.